The van der Waals surface area contributed by atoms with Crippen LogP contribution in [0.25, 0.3) is 0 Å². The number of benzene rings is 3. The van der Waals surface area contributed by atoms with Gasteiger partial charge in [0.1, 0.15) is 12.4 Å². The Kier molecular flexibility index (Phi) is 5.81. The standard InChI is InChI=1S/C23H17BrF3NO2/c24-17-12-19(26)21(27)16-10-11-20(15-8-4-5-9-18(15)25)28(22(16)17)23(29)30-13-14-6-2-1-3-7-14/h1-9,12,20H,10-11,13H2. The van der Waals surface area contributed by atoms with Crippen LogP contribution in [0.1, 0.15) is 29.2 Å². The third-order valence-corrected chi connectivity index (χ3v) is 5.73. The number of amides is 1. The van der Waals surface area contributed by atoms with E-state index in [1.807, 2.05) is 18.2 Å². The van der Waals surface area contributed by atoms with E-state index in [4.69, 9.17) is 4.74 Å². The van der Waals surface area contributed by atoms with Crippen LogP contribution < -0.4 is 4.90 Å². The molecule has 30 heavy (non-hydrogen) atoms. The molecule has 1 aliphatic rings. The average Bonchev–Trinajstić information content (AvgIpc) is 2.76. The number of ether oxygens (including phenoxy) is 1. The number of fused-ring (bicyclic) bond motifs is 1. The van der Waals surface area contributed by atoms with Gasteiger partial charge in [-0.2, -0.15) is 0 Å². The normalized spacial score (nSPS) is 15.6. The third-order valence-electron chi connectivity index (χ3n) is 5.13. The fraction of sp³-hybridized carbons (Fsp3) is 0.174. The summed E-state index contributed by atoms with van der Waals surface area (Å²) in [5, 5.41) is 0. The summed E-state index contributed by atoms with van der Waals surface area (Å²) < 4.78 is 48.7. The highest BCUT2D eigenvalue weighted by atomic mass is 79.9. The van der Waals surface area contributed by atoms with Crippen molar-refractivity contribution in [1.29, 1.82) is 0 Å². The summed E-state index contributed by atoms with van der Waals surface area (Å²) in [5.41, 5.74) is 1.28. The Morgan fingerprint density at radius 3 is 2.47 bits per heavy atom. The molecule has 1 heterocycles. The minimum Gasteiger partial charge on any atom is -0.444 e. The van der Waals surface area contributed by atoms with Gasteiger partial charge in [0, 0.05) is 15.6 Å². The molecule has 0 fully saturated rings. The van der Waals surface area contributed by atoms with Crippen molar-refractivity contribution in [2.45, 2.75) is 25.5 Å². The molecular formula is C23H17BrF3NO2. The first-order valence-corrected chi connectivity index (χ1v) is 10.2. The molecule has 0 radical (unpaired) electrons. The Hall–Kier alpha value is -2.80. The molecule has 1 atom stereocenters. The molecule has 0 aromatic heterocycles. The number of rotatable bonds is 3. The van der Waals surface area contributed by atoms with Gasteiger partial charge >= 0.3 is 6.09 Å². The molecule has 0 saturated heterocycles. The first kappa shape index (κ1) is 20.5. The zero-order valence-corrected chi connectivity index (χ0v) is 17.3. The Morgan fingerprint density at radius 2 is 1.73 bits per heavy atom. The molecule has 0 saturated carbocycles. The van der Waals surface area contributed by atoms with Gasteiger partial charge in [0.2, 0.25) is 0 Å². The van der Waals surface area contributed by atoms with Crippen LogP contribution in [0, 0.1) is 17.5 Å². The quantitative estimate of drug-likeness (QED) is 0.394. The van der Waals surface area contributed by atoms with Crippen molar-refractivity contribution in [3.63, 3.8) is 0 Å². The number of carbonyl (C=O) groups excluding carboxylic acids is 1. The van der Waals surface area contributed by atoms with E-state index in [9.17, 15) is 18.0 Å². The van der Waals surface area contributed by atoms with Crippen molar-refractivity contribution in [3.8, 4) is 0 Å². The second-order valence-corrected chi connectivity index (χ2v) is 7.82. The summed E-state index contributed by atoms with van der Waals surface area (Å²) >= 11 is 3.24. The van der Waals surface area contributed by atoms with Crippen LogP contribution >= 0.6 is 15.9 Å². The SMILES string of the molecule is O=C(OCc1ccccc1)N1c2c(Br)cc(F)c(F)c2CCC1c1ccccc1F. The maximum absolute atomic E-state index is 14.6. The van der Waals surface area contributed by atoms with Crippen molar-refractivity contribution in [2.24, 2.45) is 0 Å². The topological polar surface area (TPSA) is 29.5 Å². The molecule has 0 spiro atoms. The Balaban J connectivity index is 1.76. The minimum absolute atomic E-state index is 0.00318. The lowest BCUT2D eigenvalue weighted by Gasteiger charge is -2.37. The van der Waals surface area contributed by atoms with Crippen molar-refractivity contribution in [1.82, 2.24) is 0 Å². The molecule has 0 N–H and O–H groups in total. The predicted molar refractivity (Wildman–Crippen MR) is 111 cm³/mol. The van der Waals surface area contributed by atoms with Gasteiger partial charge in [-0.1, -0.05) is 48.5 Å². The van der Waals surface area contributed by atoms with Crippen molar-refractivity contribution in [3.05, 3.63) is 99.3 Å². The summed E-state index contributed by atoms with van der Waals surface area (Å²) in [6, 6.07) is 15.4. The first-order chi connectivity index (χ1) is 14.5. The van der Waals surface area contributed by atoms with Crippen LogP contribution in [0.2, 0.25) is 0 Å². The molecular weight excluding hydrogens is 459 g/mol. The van der Waals surface area contributed by atoms with E-state index < -0.39 is 29.6 Å². The van der Waals surface area contributed by atoms with Crippen molar-refractivity contribution >= 4 is 27.7 Å². The van der Waals surface area contributed by atoms with Gasteiger partial charge in [-0.15, -0.1) is 0 Å². The molecule has 1 amide bonds. The number of hydrogen-bond donors (Lipinski definition) is 0. The van der Waals surface area contributed by atoms with Crippen LogP contribution in [0.4, 0.5) is 23.7 Å². The molecule has 4 rings (SSSR count). The van der Waals surface area contributed by atoms with Crippen LogP contribution in [0.5, 0.6) is 0 Å². The lowest BCUT2D eigenvalue weighted by molar-refractivity contribution is 0.143. The van der Waals surface area contributed by atoms with Gasteiger partial charge in [0.15, 0.2) is 11.6 Å². The lowest BCUT2D eigenvalue weighted by atomic mass is 9.91. The molecule has 1 unspecified atom stereocenters. The van der Waals surface area contributed by atoms with Crippen molar-refractivity contribution < 1.29 is 22.7 Å². The van der Waals surface area contributed by atoms with Gasteiger partial charge in [-0.25, -0.2) is 18.0 Å². The molecule has 154 valence electrons. The average molecular weight is 476 g/mol. The largest absolute Gasteiger partial charge is 0.444 e. The lowest BCUT2D eigenvalue weighted by Crippen LogP contribution is -2.40. The number of halogens is 4. The van der Waals surface area contributed by atoms with E-state index in [0.29, 0.717) is 0 Å². The summed E-state index contributed by atoms with van der Waals surface area (Å²) in [6.45, 7) is -0.00318. The Morgan fingerprint density at radius 1 is 1.03 bits per heavy atom. The highest BCUT2D eigenvalue weighted by molar-refractivity contribution is 9.10. The molecule has 3 aromatic carbocycles. The number of anilines is 1. The van der Waals surface area contributed by atoms with Gasteiger partial charge in [-0.05, 0) is 46.5 Å². The first-order valence-electron chi connectivity index (χ1n) is 9.38. The molecule has 7 heteroatoms. The van der Waals surface area contributed by atoms with Crippen LogP contribution in [-0.2, 0) is 17.8 Å². The third kappa shape index (κ3) is 3.81. The summed E-state index contributed by atoms with van der Waals surface area (Å²) in [6.07, 6.45) is -0.389. The van der Waals surface area contributed by atoms with E-state index >= 15 is 0 Å². The number of hydrogen-bond acceptors (Lipinski definition) is 2. The summed E-state index contributed by atoms with van der Waals surface area (Å²) in [4.78, 5) is 14.3. The molecule has 1 aliphatic heterocycles. The maximum atomic E-state index is 14.6. The summed E-state index contributed by atoms with van der Waals surface area (Å²) in [5.74, 6) is -2.51. The van der Waals surface area contributed by atoms with E-state index in [-0.39, 0.29) is 40.7 Å². The van der Waals surface area contributed by atoms with E-state index in [2.05, 4.69) is 15.9 Å². The van der Waals surface area contributed by atoms with E-state index in [1.165, 1.54) is 11.0 Å². The maximum Gasteiger partial charge on any atom is 0.415 e. The number of nitrogens with zero attached hydrogens (tertiary/aromatic N) is 1. The molecule has 3 nitrogen and oxygen atoms in total. The van der Waals surface area contributed by atoms with Crippen LogP contribution in [0.15, 0.2) is 65.1 Å². The van der Waals surface area contributed by atoms with E-state index in [0.717, 1.165) is 11.6 Å². The minimum atomic E-state index is -1.01. The second kappa shape index (κ2) is 8.52. The predicted octanol–water partition coefficient (Wildman–Crippen LogP) is 6.70. The highest BCUT2D eigenvalue weighted by Gasteiger charge is 2.38. The monoisotopic (exact) mass is 475 g/mol. The Bertz CT molecular complexity index is 1090. The zero-order valence-electron chi connectivity index (χ0n) is 15.7. The number of carbonyl (C=O) groups is 1. The van der Waals surface area contributed by atoms with Crippen LogP contribution in [-0.4, -0.2) is 6.09 Å². The van der Waals surface area contributed by atoms with E-state index in [1.54, 1.807) is 30.3 Å². The smallest absolute Gasteiger partial charge is 0.415 e. The van der Waals surface area contributed by atoms with Gasteiger partial charge in [0.05, 0.1) is 11.7 Å². The molecule has 3 aromatic rings. The van der Waals surface area contributed by atoms with Crippen molar-refractivity contribution in [2.75, 3.05) is 4.90 Å². The fourth-order valence-corrected chi connectivity index (χ4v) is 4.37. The highest BCUT2D eigenvalue weighted by Crippen LogP contribution is 2.45. The van der Waals surface area contributed by atoms with Gasteiger partial charge < -0.3 is 4.74 Å². The molecule has 0 aliphatic carbocycles. The van der Waals surface area contributed by atoms with Crippen LogP contribution in [0.3, 0.4) is 0 Å². The fourth-order valence-electron chi connectivity index (χ4n) is 3.74. The molecule has 0 bridgehead atoms. The van der Waals surface area contributed by atoms with Gasteiger partial charge in [0.25, 0.3) is 0 Å². The second-order valence-electron chi connectivity index (χ2n) is 6.97. The van der Waals surface area contributed by atoms with Gasteiger partial charge in [-0.3, -0.25) is 4.90 Å². The summed E-state index contributed by atoms with van der Waals surface area (Å²) in [7, 11) is 0. The zero-order chi connectivity index (χ0) is 21.3. The Labute approximate surface area is 180 Å².